The summed E-state index contributed by atoms with van der Waals surface area (Å²) in [5, 5.41) is 7.13. The van der Waals surface area contributed by atoms with Gasteiger partial charge in [-0.2, -0.15) is 5.10 Å². The zero-order chi connectivity index (χ0) is 18.5. The fraction of sp³-hybridized carbons (Fsp3) is 0.238. The van der Waals surface area contributed by atoms with E-state index in [4.69, 9.17) is 9.47 Å². The molecule has 4 rings (SSSR count). The largest absolute Gasteiger partial charge is 0.454 e. The van der Waals surface area contributed by atoms with E-state index in [1.165, 1.54) is 0 Å². The van der Waals surface area contributed by atoms with Gasteiger partial charge in [0, 0.05) is 31.3 Å². The van der Waals surface area contributed by atoms with Crippen LogP contribution >= 0.6 is 0 Å². The first-order valence-electron chi connectivity index (χ1n) is 8.98. The van der Waals surface area contributed by atoms with Crippen LogP contribution in [0.3, 0.4) is 0 Å². The van der Waals surface area contributed by atoms with Crippen LogP contribution in [0.1, 0.15) is 23.5 Å². The normalized spacial score (nSPS) is 13.3. The summed E-state index contributed by atoms with van der Waals surface area (Å²) in [5.74, 6) is 1.43. The molecule has 1 aliphatic heterocycles. The molecular weight excluding hydrogens is 342 g/mol. The molecule has 1 atom stereocenters. The summed E-state index contributed by atoms with van der Waals surface area (Å²) in [4.78, 5) is 12.6. The van der Waals surface area contributed by atoms with E-state index in [9.17, 15) is 4.79 Å². The van der Waals surface area contributed by atoms with Crippen LogP contribution in [0.4, 0.5) is 0 Å². The highest BCUT2D eigenvalue weighted by molar-refractivity contribution is 5.77. The van der Waals surface area contributed by atoms with E-state index in [1.807, 2.05) is 60.8 Å². The van der Waals surface area contributed by atoms with Gasteiger partial charge in [-0.15, -0.1) is 0 Å². The van der Waals surface area contributed by atoms with Crippen molar-refractivity contribution in [2.45, 2.75) is 18.9 Å². The minimum atomic E-state index is -0.0506. The van der Waals surface area contributed by atoms with Crippen molar-refractivity contribution in [1.82, 2.24) is 15.1 Å². The highest BCUT2D eigenvalue weighted by Gasteiger charge is 2.21. The van der Waals surface area contributed by atoms with Crippen LogP contribution in [0.25, 0.3) is 0 Å². The van der Waals surface area contributed by atoms with Crippen LogP contribution in [-0.4, -0.2) is 29.0 Å². The molecule has 2 aromatic carbocycles. The Kier molecular flexibility index (Phi) is 5.05. The molecule has 0 spiro atoms. The second-order valence-electron chi connectivity index (χ2n) is 6.40. The second-order valence-corrected chi connectivity index (χ2v) is 6.40. The van der Waals surface area contributed by atoms with Crippen molar-refractivity contribution in [2.75, 3.05) is 13.3 Å². The van der Waals surface area contributed by atoms with E-state index in [1.54, 1.807) is 10.9 Å². The molecule has 2 heterocycles. The SMILES string of the molecule is O=C(C[C@H](c1ccccc1)c1ccc2c(c1)OCO2)NCCn1cccn1. The minimum Gasteiger partial charge on any atom is -0.454 e. The average molecular weight is 363 g/mol. The number of fused-ring (bicyclic) bond motifs is 1. The average Bonchev–Trinajstić information content (AvgIpc) is 3.38. The molecule has 0 radical (unpaired) electrons. The first-order valence-corrected chi connectivity index (χ1v) is 8.98. The number of carbonyl (C=O) groups is 1. The van der Waals surface area contributed by atoms with Gasteiger partial charge in [0.05, 0.1) is 6.54 Å². The molecule has 6 nitrogen and oxygen atoms in total. The zero-order valence-electron chi connectivity index (χ0n) is 14.9. The topological polar surface area (TPSA) is 65.4 Å². The van der Waals surface area contributed by atoms with Crippen molar-refractivity contribution in [3.8, 4) is 11.5 Å². The van der Waals surface area contributed by atoms with E-state index in [0.29, 0.717) is 19.5 Å². The molecule has 0 fully saturated rings. The summed E-state index contributed by atoms with van der Waals surface area (Å²) < 4.78 is 12.7. The van der Waals surface area contributed by atoms with Crippen LogP contribution in [-0.2, 0) is 11.3 Å². The third-order valence-corrected chi connectivity index (χ3v) is 4.61. The van der Waals surface area contributed by atoms with Gasteiger partial charge in [-0.1, -0.05) is 36.4 Å². The van der Waals surface area contributed by atoms with Crippen LogP contribution in [0, 0.1) is 0 Å². The lowest BCUT2D eigenvalue weighted by Crippen LogP contribution is -2.28. The van der Waals surface area contributed by atoms with Gasteiger partial charge < -0.3 is 14.8 Å². The molecule has 0 bridgehead atoms. The van der Waals surface area contributed by atoms with Crippen molar-refractivity contribution in [2.24, 2.45) is 0 Å². The van der Waals surface area contributed by atoms with Crippen molar-refractivity contribution >= 4 is 5.91 Å². The van der Waals surface area contributed by atoms with Crippen LogP contribution in [0.2, 0.25) is 0 Å². The van der Waals surface area contributed by atoms with Crippen LogP contribution < -0.4 is 14.8 Å². The Hall–Kier alpha value is -3.28. The van der Waals surface area contributed by atoms with Gasteiger partial charge in [-0.05, 0) is 29.3 Å². The van der Waals surface area contributed by atoms with Gasteiger partial charge in [-0.25, -0.2) is 0 Å². The van der Waals surface area contributed by atoms with Crippen molar-refractivity contribution < 1.29 is 14.3 Å². The fourth-order valence-electron chi connectivity index (χ4n) is 3.24. The number of nitrogens with zero attached hydrogens (tertiary/aromatic N) is 2. The Labute approximate surface area is 157 Å². The third kappa shape index (κ3) is 4.11. The van der Waals surface area contributed by atoms with Crippen molar-refractivity contribution in [3.63, 3.8) is 0 Å². The van der Waals surface area contributed by atoms with Gasteiger partial charge in [0.2, 0.25) is 12.7 Å². The number of hydrogen-bond acceptors (Lipinski definition) is 4. The Balaban J connectivity index is 1.47. The summed E-state index contributed by atoms with van der Waals surface area (Å²) in [5.41, 5.74) is 2.13. The highest BCUT2D eigenvalue weighted by Crippen LogP contribution is 2.37. The van der Waals surface area contributed by atoms with Gasteiger partial charge in [-0.3, -0.25) is 9.48 Å². The second kappa shape index (κ2) is 7.95. The first kappa shape index (κ1) is 17.1. The molecule has 0 aliphatic carbocycles. The number of amides is 1. The number of ether oxygens (including phenoxy) is 2. The molecule has 27 heavy (non-hydrogen) atoms. The van der Waals surface area contributed by atoms with Crippen molar-refractivity contribution in [3.05, 3.63) is 78.1 Å². The molecule has 1 aromatic heterocycles. The van der Waals surface area contributed by atoms with Gasteiger partial charge >= 0.3 is 0 Å². The number of benzene rings is 2. The van der Waals surface area contributed by atoms with Crippen molar-refractivity contribution in [1.29, 1.82) is 0 Å². The molecule has 0 saturated heterocycles. The number of hydrogen-bond donors (Lipinski definition) is 1. The molecule has 1 N–H and O–H groups in total. The van der Waals surface area contributed by atoms with E-state index < -0.39 is 0 Å². The summed E-state index contributed by atoms with van der Waals surface area (Å²) in [6.45, 7) is 1.44. The highest BCUT2D eigenvalue weighted by atomic mass is 16.7. The summed E-state index contributed by atoms with van der Waals surface area (Å²) in [7, 11) is 0. The molecule has 1 amide bonds. The lowest BCUT2D eigenvalue weighted by Gasteiger charge is -2.18. The van der Waals surface area contributed by atoms with Gasteiger partial charge in [0.15, 0.2) is 11.5 Å². The van der Waals surface area contributed by atoms with Gasteiger partial charge in [0.25, 0.3) is 0 Å². The molecule has 6 heteroatoms. The smallest absolute Gasteiger partial charge is 0.231 e. The van der Waals surface area contributed by atoms with Crippen LogP contribution in [0.15, 0.2) is 67.0 Å². The van der Waals surface area contributed by atoms with E-state index in [-0.39, 0.29) is 18.6 Å². The standard InChI is InChI=1S/C21H21N3O3/c25-21(22-10-12-24-11-4-9-23-24)14-18(16-5-2-1-3-6-16)17-7-8-19-20(13-17)27-15-26-19/h1-9,11,13,18H,10,12,14-15H2,(H,22,25)/t18-/m1/s1. The third-order valence-electron chi connectivity index (χ3n) is 4.61. The molecule has 1 aliphatic rings. The zero-order valence-corrected chi connectivity index (χ0v) is 14.9. The molecule has 0 unspecified atom stereocenters. The summed E-state index contributed by atoms with van der Waals surface area (Å²) in [6.07, 6.45) is 3.97. The lowest BCUT2D eigenvalue weighted by atomic mass is 9.88. The van der Waals surface area contributed by atoms with Crippen LogP contribution in [0.5, 0.6) is 11.5 Å². The maximum absolute atomic E-state index is 12.6. The summed E-state index contributed by atoms with van der Waals surface area (Å²) >= 11 is 0. The quantitative estimate of drug-likeness (QED) is 0.701. The van der Waals surface area contributed by atoms with E-state index in [0.717, 1.165) is 22.6 Å². The monoisotopic (exact) mass is 363 g/mol. The number of aromatic nitrogens is 2. The molecule has 0 saturated carbocycles. The van der Waals surface area contributed by atoms with Gasteiger partial charge in [0.1, 0.15) is 0 Å². The number of rotatable bonds is 7. The maximum atomic E-state index is 12.6. The Bertz CT molecular complexity index is 894. The maximum Gasteiger partial charge on any atom is 0.231 e. The Morgan fingerprint density at radius 1 is 1.07 bits per heavy atom. The minimum absolute atomic E-state index is 0.00803. The van der Waals surface area contributed by atoms with E-state index in [2.05, 4.69) is 10.4 Å². The Morgan fingerprint density at radius 3 is 2.74 bits per heavy atom. The fourth-order valence-corrected chi connectivity index (χ4v) is 3.24. The molecule has 3 aromatic rings. The number of nitrogens with one attached hydrogen (secondary N) is 1. The van der Waals surface area contributed by atoms with E-state index >= 15 is 0 Å². The first-order chi connectivity index (χ1) is 13.3. The summed E-state index contributed by atoms with van der Waals surface area (Å²) in [6, 6.07) is 17.8. The predicted octanol–water partition coefficient (Wildman–Crippen LogP) is 2.95. The predicted molar refractivity (Wildman–Crippen MR) is 101 cm³/mol. The molecule has 138 valence electrons. The Morgan fingerprint density at radius 2 is 1.93 bits per heavy atom. The lowest BCUT2D eigenvalue weighted by molar-refractivity contribution is -0.121. The molecular formula is C21H21N3O3. The number of carbonyl (C=O) groups excluding carboxylic acids is 1.